The third-order valence-corrected chi connectivity index (χ3v) is 4.12. The maximum absolute atomic E-state index is 13.8. The van der Waals surface area contributed by atoms with Crippen molar-refractivity contribution in [2.75, 3.05) is 44.7 Å². The number of hydrogen-bond donors (Lipinski definition) is 2. The van der Waals surface area contributed by atoms with Crippen LogP contribution in [0.25, 0.3) is 0 Å². The number of nitrogens with zero attached hydrogens (tertiary/aromatic N) is 2. The number of carbonyl (C=O) groups is 1. The molecule has 1 saturated heterocycles. The molecule has 9 heteroatoms. The molecule has 1 aliphatic rings. The van der Waals surface area contributed by atoms with Gasteiger partial charge in [0.1, 0.15) is 5.69 Å². The average Bonchev–Trinajstić information content (AvgIpc) is 2.69. The zero-order valence-electron chi connectivity index (χ0n) is 14.5. The minimum Gasteiger partial charge on any atom is -0.379 e. The highest BCUT2D eigenvalue weighted by atomic mass is 19.2. The number of benzene rings is 1. The molecule has 2 aromatic rings. The molecule has 6 nitrogen and oxygen atoms in total. The third-order valence-electron chi connectivity index (χ3n) is 4.12. The Labute approximate surface area is 154 Å². The molecule has 1 aromatic carbocycles. The summed E-state index contributed by atoms with van der Waals surface area (Å²) in [6.45, 7) is 4.18. The number of morpholine rings is 1. The molecule has 1 aromatic heterocycles. The standard InChI is InChI=1S/C18H19F3N4O2/c19-13-1-2-14(17(21)16(13)20)24-12-3-4-22-15(11-12)18(26)23-5-6-25-7-9-27-10-8-25/h1-4,11H,5-10H2,(H,22,24)(H,23,26). The third kappa shape index (κ3) is 4.95. The van der Waals surface area contributed by atoms with Crippen molar-refractivity contribution in [2.24, 2.45) is 0 Å². The molecule has 1 aliphatic heterocycles. The highest BCUT2D eigenvalue weighted by molar-refractivity contribution is 5.93. The number of halogens is 3. The molecule has 2 heterocycles. The highest BCUT2D eigenvalue weighted by Crippen LogP contribution is 2.23. The molecule has 0 atom stereocenters. The van der Waals surface area contributed by atoms with Gasteiger partial charge in [0.05, 0.1) is 18.9 Å². The first-order valence-electron chi connectivity index (χ1n) is 8.49. The van der Waals surface area contributed by atoms with E-state index in [1.165, 1.54) is 18.3 Å². The lowest BCUT2D eigenvalue weighted by atomic mass is 10.2. The quantitative estimate of drug-likeness (QED) is 0.753. The summed E-state index contributed by atoms with van der Waals surface area (Å²) in [5.74, 6) is -4.54. The molecule has 0 unspecified atom stereocenters. The van der Waals surface area contributed by atoms with Gasteiger partial charge in [0.25, 0.3) is 5.91 Å². The molecule has 3 rings (SSSR count). The van der Waals surface area contributed by atoms with Crippen molar-refractivity contribution in [3.63, 3.8) is 0 Å². The van der Waals surface area contributed by atoms with E-state index in [2.05, 4.69) is 20.5 Å². The molecule has 0 aliphatic carbocycles. The molecule has 0 radical (unpaired) electrons. The van der Waals surface area contributed by atoms with Crippen LogP contribution in [0.15, 0.2) is 30.5 Å². The average molecular weight is 380 g/mol. The van der Waals surface area contributed by atoms with Crippen molar-refractivity contribution < 1.29 is 22.7 Å². The summed E-state index contributed by atoms with van der Waals surface area (Å²) in [6.07, 6.45) is 1.37. The van der Waals surface area contributed by atoms with Gasteiger partial charge < -0.3 is 15.4 Å². The smallest absolute Gasteiger partial charge is 0.269 e. The predicted octanol–water partition coefficient (Wildman–Crippen LogP) is 2.30. The summed E-state index contributed by atoms with van der Waals surface area (Å²) in [5, 5.41) is 5.39. The second-order valence-electron chi connectivity index (χ2n) is 5.99. The van der Waals surface area contributed by atoms with Crippen LogP contribution in [0.1, 0.15) is 10.5 Å². The number of aromatic nitrogens is 1. The first kappa shape index (κ1) is 19.1. The molecular weight excluding hydrogens is 361 g/mol. The largest absolute Gasteiger partial charge is 0.379 e. The summed E-state index contributed by atoms with van der Waals surface area (Å²) in [5.41, 5.74) is 0.219. The van der Waals surface area contributed by atoms with Crippen molar-refractivity contribution in [1.29, 1.82) is 0 Å². The van der Waals surface area contributed by atoms with E-state index >= 15 is 0 Å². The minimum atomic E-state index is -1.56. The Kier molecular flexibility index (Phi) is 6.25. The van der Waals surface area contributed by atoms with Gasteiger partial charge in [-0.05, 0) is 24.3 Å². The van der Waals surface area contributed by atoms with Crippen LogP contribution < -0.4 is 10.6 Å². The summed E-state index contributed by atoms with van der Waals surface area (Å²) < 4.78 is 45.3. The van der Waals surface area contributed by atoms with Crippen LogP contribution in [0.4, 0.5) is 24.5 Å². The van der Waals surface area contributed by atoms with Crippen LogP contribution in [0, 0.1) is 17.5 Å². The summed E-state index contributed by atoms with van der Waals surface area (Å²) >= 11 is 0. The Morgan fingerprint density at radius 1 is 1.15 bits per heavy atom. The molecule has 144 valence electrons. The lowest BCUT2D eigenvalue weighted by Gasteiger charge is -2.26. The van der Waals surface area contributed by atoms with Crippen molar-refractivity contribution in [1.82, 2.24) is 15.2 Å². The van der Waals surface area contributed by atoms with Gasteiger partial charge in [-0.2, -0.15) is 0 Å². The second kappa shape index (κ2) is 8.83. The van der Waals surface area contributed by atoms with E-state index in [-0.39, 0.29) is 17.3 Å². The number of anilines is 2. The Bertz CT molecular complexity index is 813. The van der Waals surface area contributed by atoms with Gasteiger partial charge in [0, 0.05) is 38.1 Å². The van der Waals surface area contributed by atoms with Crippen molar-refractivity contribution >= 4 is 17.3 Å². The SMILES string of the molecule is O=C(NCCN1CCOCC1)c1cc(Nc2ccc(F)c(F)c2F)ccn1. The van der Waals surface area contributed by atoms with E-state index < -0.39 is 17.5 Å². The van der Waals surface area contributed by atoms with Crippen LogP contribution in [-0.4, -0.2) is 55.2 Å². The molecule has 1 fully saturated rings. The van der Waals surface area contributed by atoms with E-state index in [9.17, 15) is 18.0 Å². The Morgan fingerprint density at radius 2 is 1.93 bits per heavy atom. The van der Waals surface area contributed by atoms with Crippen LogP contribution in [0.3, 0.4) is 0 Å². The van der Waals surface area contributed by atoms with Gasteiger partial charge >= 0.3 is 0 Å². The van der Waals surface area contributed by atoms with Gasteiger partial charge in [-0.1, -0.05) is 0 Å². The Balaban J connectivity index is 1.59. The van der Waals surface area contributed by atoms with Gasteiger partial charge in [-0.25, -0.2) is 13.2 Å². The fourth-order valence-corrected chi connectivity index (χ4v) is 2.65. The number of rotatable bonds is 6. The number of nitrogens with one attached hydrogen (secondary N) is 2. The molecule has 2 N–H and O–H groups in total. The fraction of sp³-hybridized carbons (Fsp3) is 0.333. The maximum Gasteiger partial charge on any atom is 0.269 e. The first-order valence-corrected chi connectivity index (χ1v) is 8.49. The number of hydrogen-bond acceptors (Lipinski definition) is 5. The van der Waals surface area contributed by atoms with E-state index in [4.69, 9.17) is 4.74 Å². The summed E-state index contributed by atoms with van der Waals surface area (Å²) in [4.78, 5) is 18.4. The zero-order chi connectivity index (χ0) is 19.2. The van der Waals surface area contributed by atoms with Gasteiger partial charge in [0.15, 0.2) is 17.5 Å². The minimum absolute atomic E-state index is 0.130. The summed E-state index contributed by atoms with van der Waals surface area (Å²) in [6, 6.07) is 4.80. The van der Waals surface area contributed by atoms with E-state index in [0.717, 1.165) is 25.2 Å². The summed E-state index contributed by atoms with van der Waals surface area (Å²) in [7, 11) is 0. The molecule has 0 bridgehead atoms. The van der Waals surface area contributed by atoms with Crippen LogP contribution in [-0.2, 0) is 4.74 Å². The highest BCUT2D eigenvalue weighted by Gasteiger charge is 2.15. The first-order chi connectivity index (χ1) is 13.0. The lowest BCUT2D eigenvalue weighted by Crippen LogP contribution is -2.41. The topological polar surface area (TPSA) is 66.5 Å². The molecular formula is C18H19F3N4O2. The monoisotopic (exact) mass is 380 g/mol. The van der Waals surface area contributed by atoms with Crippen LogP contribution in [0.5, 0.6) is 0 Å². The van der Waals surface area contributed by atoms with Crippen molar-refractivity contribution in [2.45, 2.75) is 0 Å². The molecule has 0 spiro atoms. The normalized spacial score (nSPS) is 14.8. The number of pyridine rings is 1. The van der Waals surface area contributed by atoms with Gasteiger partial charge in [-0.15, -0.1) is 0 Å². The predicted molar refractivity (Wildman–Crippen MR) is 93.4 cm³/mol. The lowest BCUT2D eigenvalue weighted by molar-refractivity contribution is 0.0383. The zero-order valence-corrected chi connectivity index (χ0v) is 14.5. The fourth-order valence-electron chi connectivity index (χ4n) is 2.65. The van der Waals surface area contributed by atoms with Crippen LogP contribution >= 0.6 is 0 Å². The number of amides is 1. The molecule has 0 saturated carbocycles. The van der Waals surface area contributed by atoms with E-state index in [0.29, 0.717) is 32.0 Å². The maximum atomic E-state index is 13.8. The number of ether oxygens (including phenoxy) is 1. The molecule has 1 amide bonds. The molecule has 27 heavy (non-hydrogen) atoms. The Morgan fingerprint density at radius 3 is 2.70 bits per heavy atom. The van der Waals surface area contributed by atoms with Crippen molar-refractivity contribution in [3.05, 3.63) is 53.6 Å². The van der Waals surface area contributed by atoms with E-state index in [1.54, 1.807) is 0 Å². The van der Waals surface area contributed by atoms with Crippen LogP contribution in [0.2, 0.25) is 0 Å². The van der Waals surface area contributed by atoms with Gasteiger partial charge in [0.2, 0.25) is 0 Å². The van der Waals surface area contributed by atoms with Gasteiger partial charge in [-0.3, -0.25) is 14.7 Å². The van der Waals surface area contributed by atoms with Crippen molar-refractivity contribution in [3.8, 4) is 0 Å². The second-order valence-corrected chi connectivity index (χ2v) is 5.99. The van der Waals surface area contributed by atoms with E-state index in [1.807, 2.05) is 0 Å². The Hall–Kier alpha value is -2.65. The number of carbonyl (C=O) groups excluding carboxylic acids is 1.